The summed E-state index contributed by atoms with van der Waals surface area (Å²) in [4.78, 5) is 11.8. The zero-order chi connectivity index (χ0) is 18.1. The molecule has 24 heavy (non-hydrogen) atoms. The predicted octanol–water partition coefficient (Wildman–Crippen LogP) is 4.57. The number of benzene rings is 1. The molecule has 1 amide bonds. The number of carbonyl (C=O) groups is 1. The van der Waals surface area contributed by atoms with E-state index < -0.39 is 17.6 Å². The van der Waals surface area contributed by atoms with E-state index >= 15 is 0 Å². The molecule has 0 spiro atoms. The van der Waals surface area contributed by atoms with Crippen LogP contribution in [-0.4, -0.2) is 21.5 Å². The van der Waals surface area contributed by atoms with Gasteiger partial charge in [0.25, 0.3) is 0 Å². The Morgan fingerprint density at radius 1 is 1.33 bits per heavy atom. The molecule has 0 aliphatic heterocycles. The van der Waals surface area contributed by atoms with Gasteiger partial charge in [-0.25, -0.2) is 4.79 Å². The minimum Gasteiger partial charge on any atom is -0.444 e. The van der Waals surface area contributed by atoms with Crippen molar-refractivity contribution in [3.05, 3.63) is 40.2 Å². The van der Waals surface area contributed by atoms with Crippen molar-refractivity contribution in [2.24, 2.45) is 7.05 Å². The number of rotatable bonds is 3. The van der Waals surface area contributed by atoms with Crippen molar-refractivity contribution in [1.82, 2.24) is 15.1 Å². The molecule has 1 heterocycles. The van der Waals surface area contributed by atoms with Crippen molar-refractivity contribution in [1.29, 1.82) is 0 Å². The second-order valence-electron chi connectivity index (χ2n) is 6.57. The van der Waals surface area contributed by atoms with E-state index in [1.165, 1.54) is 4.68 Å². The number of ether oxygens (including phenoxy) is 1. The average molecular weight is 398 g/mol. The van der Waals surface area contributed by atoms with Crippen LogP contribution in [0.3, 0.4) is 0 Å². The summed E-state index contributed by atoms with van der Waals surface area (Å²) in [6, 6.07) is 7.29. The van der Waals surface area contributed by atoms with Crippen LogP contribution >= 0.6 is 15.9 Å². The van der Waals surface area contributed by atoms with E-state index in [2.05, 4.69) is 26.3 Å². The summed E-state index contributed by atoms with van der Waals surface area (Å²) in [5, 5.41) is 6.54. The quantitative estimate of drug-likeness (QED) is 0.824. The van der Waals surface area contributed by atoms with Crippen molar-refractivity contribution < 1.29 is 13.9 Å². The smallest absolute Gasteiger partial charge is 0.408 e. The van der Waals surface area contributed by atoms with Gasteiger partial charge < -0.3 is 10.1 Å². The molecule has 5 nitrogen and oxygen atoms in total. The Labute approximate surface area is 149 Å². The van der Waals surface area contributed by atoms with Gasteiger partial charge in [0.15, 0.2) is 0 Å². The van der Waals surface area contributed by atoms with Gasteiger partial charge in [-0.05, 0) is 49.2 Å². The molecular weight excluding hydrogens is 377 g/mol. The number of hydrogen-bond donors (Lipinski definition) is 1. The molecule has 0 fully saturated rings. The van der Waals surface area contributed by atoms with Gasteiger partial charge in [-0.2, -0.15) is 4.39 Å². The van der Waals surface area contributed by atoms with E-state index in [-0.39, 0.29) is 6.04 Å². The van der Waals surface area contributed by atoms with E-state index in [0.717, 1.165) is 11.1 Å². The fourth-order valence-corrected chi connectivity index (χ4v) is 2.84. The Morgan fingerprint density at radius 3 is 2.38 bits per heavy atom. The summed E-state index contributed by atoms with van der Waals surface area (Å²) in [6.45, 7) is 7.32. The van der Waals surface area contributed by atoms with E-state index in [0.29, 0.717) is 10.2 Å². The third-order valence-electron chi connectivity index (χ3n) is 3.37. The fourth-order valence-electron chi connectivity index (χ4n) is 2.28. The van der Waals surface area contributed by atoms with Crippen LogP contribution in [0.2, 0.25) is 0 Å². The fraction of sp³-hybridized carbons (Fsp3) is 0.412. The first-order valence-electron chi connectivity index (χ1n) is 7.56. The zero-order valence-electron chi connectivity index (χ0n) is 14.4. The topological polar surface area (TPSA) is 56.1 Å². The minimum atomic E-state index is -0.545. The molecule has 1 aromatic carbocycles. The van der Waals surface area contributed by atoms with Gasteiger partial charge in [-0.15, -0.1) is 5.10 Å². The van der Waals surface area contributed by atoms with Crippen LogP contribution in [0.4, 0.5) is 9.18 Å². The summed E-state index contributed by atoms with van der Waals surface area (Å²) in [6.07, 6.45) is -0.462. The molecule has 1 aromatic heterocycles. The summed E-state index contributed by atoms with van der Waals surface area (Å²) in [7, 11) is 1.68. The van der Waals surface area contributed by atoms with Crippen LogP contribution < -0.4 is 5.32 Å². The third kappa shape index (κ3) is 4.35. The molecule has 0 saturated carbocycles. The third-order valence-corrected chi connectivity index (χ3v) is 4.07. The van der Waals surface area contributed by atoms with Gasteiger partial charge in [-0.1, -0.05) is 24.3 Å². The Bertz CT molecular complexity index is 736. The van der Waals surface area contributed by atoms with Crippen LogP contribution in [0.25, 0.3) is 11.3 Å². The Balaban J connectivity index is 2.13. The number of aromatic nitrogens is 2. The lowest BCUT2D eigenvalue weighted by molar-refractivity contribution is 0.0508. The van der Waals surface area contributed by atoms with Crippen LogP contribution in [0, 0.1) is 5.95 Å². The molecule has 0 bridgehead atoms. The van der Waals surface area contributed by atoms with Crippen LogP contribution in [0.5, 0.6) is 0 Å². The van der Waals surface area contributed by atoms with Crippen molar-refractivity contribution in [3.63, 3.8) is 0 Å². The first-order chi connectivity index (χ1) is 11.1. The van der Waals surface area contributed by atoms with Crippen LogP contribution in [0.15, 0.2) is 28.7 Å². The maximum absolute atomic E-state index is 13.5. The molecule has 0 saturated heterocycles. The maximum Gasteiger partial charge on any atom is 0.408 e. The molecule has 130 valence electrons. The SMILES string of the molecule is C[C@H](NC(=O)OC(C)(C)C)c1ccc(-c2c(Br)c(F)nn2C)cc1. The maximum atomic E-state index is 13.5. The number of nitrogens with zero attached hydrogens (tertiary/aromatic N) is 2. The second-order valence-corrected chi connectivity index (χ2v) is 7.36. The number of nitrogens with one attached hydrogen (secondary N) is 1. The molecule has 2 rings (SSSR count). The number of alkyl carbamates (subject to hydrolysis) is 1. The number of hydrogen-bond acceptors (Lipinski definition) is 3. The standard InChI is InChI=1S/C17H21BrFN3O2/c1-10(20-16(23)24-17(2,3)4)11-6-8-12(9-7-11)14-13(18)15(19)21-22(14)5/h6-10H,1-5H3,(H,20,23)/t10-/m0/s1. The Morgan fingerprint density at radius 2 is 1.92 bits per heavy atom. The molecule has 0 unspecified atom stereocenters. The van der Waals surface area contributed by atoms with E-state index in [1.54, 1.807) is 7.05 Å². The minimum absolute atomic E-state index is 0.208. The van der Waals surface area contributed by atoms with E-state index in [4.69, 9.17) is 4.74 Å². The summed E-state index contributed by atoms with van der Waals surface area (Å²) < 4.78 is 20.6. The van der Waals surface area contributed by atoms with Crippen LogP contribution in [0.1, 0.15) is 39.3 Å². The van der Waals surface area contributed by atoms with Gasteiger partial charge in [0.2, 0.25) is 5.95 Å². The molecule has 1 atom stereocenters. The zero-order valence-corrected chi connectivity index (χ0v) is 15.9. The lowest BCUT2D eigenvalue weighted by atomic mass is 10.0. The highest BCUT2D eigenvalue weighted by molar-refractivity contribution is 9.10. The van der Waals surface area contributed by atoms with Gasteiger partial charge in [0.05, 0.1) is 11.7 Å². The van der Waals surface area contributed by atoms with Crippen molar-refractivity contribution >= 4 is 22.0 Å². The highest BCUT2D eigenvalue weighted by atomic mass is 79.9. The molecule has 0 aliphatic rings. The molecule has 7 heteroatoms. The van der Waals surface area contributed by atoms with Crippen molar-refractivity contribution in [3.8, 4) is 11.3 Å². The Hall–Kier alpha value is -1.89. The number of amides is 1. The van der Waals surface area contributed by atoms with Gasteiger partial charge in [0.1, 0.15) is 10.1 Å². The lowest BCUT2D eigenvalue weighted by Gasteiger charge is -2.22. The lowest BCUT2D eigenvalue weighted by Crippen LogP contribution is -2.34. The predicted molar refractivity (Wildman–Crippen MR) is 94.1 cm³/mol. The highest BCUT2D eigenvalue weighted by Crippen LogP contribution is 2.30. The number of halogens is 2. The summed E-state index contributed by atoms with van der Waals surface area (Å²) in [5.41, 5.74) is 1.87. The average Bonchev–Trinajstić information content (AvgIpc) is 2.70. The largest absolute Gasteiger partial charge is 0.444 e. The second kappa shape index (κ2) is 6.93. The summed E-state index contributed by atoms with van der Waals surface area (Å²) in [5.74, 6) is -0.545. The molecular formula is C17H21BrFN3O2. The number of carbonyl (C=O) groups excluding carboxylic acids is 1. The number of aryl methyl sites for hydroxylation is 1. The molecule has 2 aromatic rings. The monoisotopic (exact) mass is 397 g/mol. The van der Waals surface area contributed by atoms with Gasteiger partial charge >= 0.3 is 6.09 Å². The van der Waals surface area contributed by atoms with Crippen molar-refractivity contribution in [2.75, 3.05) is 0 Å². The van der Waals surface area contributed by atoms with Gasteiger partial charge in [0, 0.05) is 12.6 Å². The normalized spacial score (nSPS) is 12.8. The van der Waals surface area contributed by atoms with Gasteiger partial charge in [-0.3, -0.25) is 4.68 Å². The first-order valence-corrected chi connectivity index (χ1v) is 8.35. The van der Waals surface area contributed by atoms with Crippen molar-refractivity contribution in [2.45, 2.75) is 39.3 Å². The first kappa shape index (κ1) is 18.4. The molecule has 0 aliphatic carbocycles. The molecule has 1 N–H and O–H groups in total. The summed E-state index contributed by atoms with van der Waals surface area (Å²) >= 11 is 3.21. The Kier molecular flexibility index (Phi) is 5.32. The highest BCUT2D eigenvalue weighted by Gasteiger charge is 2.19. The van der Waals surface area contributed by atoms with Crippen LogP contribution in [-0.2, 0) is 11.8 Å². The van der Waals surface area contributed by atoms with E-state index in [1.807, 2.05) is 52.0 Å². The molecule has 0 radical (unpaired) electrons. The van der Waals surface area contributed by atoms with E-state index in [9.17, 15) is 9.18 Å².